The van der Waals surface area contributed by atoms with Gasteiger partial charge in [0.1, 0.15) is 22.2 Å². The molecule has 164 valence electrons. The zero-order valence-corrected chi connectivity index (χ0v) is 19.2. The van der Waals surface area contributed by atoms with Gasteiger partial charge >= 0.3 is 0 Å². The van der Waals surface area contributed by atoms with Gasteiger partial charge in [-0.1, -0.05) is 0 Å². The number of amides is 2. The number of carbonyl (C=O) groups excluding carboxylic acids is 4. The van der Waals surface area contributed by atoms with E-state index in [1.807, 2.05) is 0 Å². The minimum Gasteiger partial charge on any atom is -0.386 e. The molecule has 2 heterocycles. The van der Waals surface area contributed by atoms with Crippen molar-refractivity contribution < 1.29 is 35.7 Å². The van der Waals surface area contributed by atoms with Crippen LogP contribution in [-0.4, -0.2) is 71.4 Å². The third-order valence-corrected chi connectivity index (χ3v) is 5.93. The quantitative estimate of drug-likeness (QED) is 0.272. The van der Waals surface area contributed by atoms with Gasteiger partial charge in [0.2, 0.25) is 0 Å². The predicted molar refractivity (Wildman–Crippen MR) is 105 cm³/mol. The number of nitrogens with one attached hydrogen (secondary N) is 2. The zero-order valence-electron chi connectivity index (χ0n) is 18.3. The summed E-state index contributed by atoms with van der Waals surface area (Å²) in [6.45, 7) is 11.1. The maximum Gasteiger partial charge on any atom is 0.259 e. The van der Waals surface area contributed by atoms with Crippen LogP contribution in [0, 0.1) is 0 Å². The van der Waals surface area contributed by atoms with E-state index in [1.165, 1.54) is 9.80 Å². The molecule has 0 aliphatic carbocycles. The van der Waals surface area contributed by atoms with Gasteiger partial charge in [-0.15, -0.1) is 0 Å². The number of allylic oxidation sites excluding steroid dienone is 2. The largest absolute Gasteiger partial charge is 0.386 e. The van der Waals surface area contributed by atoms with Crippen LogP contribution < -0.4 is 10.6 Å². The van der Waals surface area contributed by atoms with Gasteiger partial charge in [0.25, 0.3) is 11.8 Å². The van der Waals surface area contributed by atoms with E-state index >= 15 is 0 Å². The van der Waals surface area contributed by atoms with Crippen molar-refractivity contribution in [1.82, 2.24) is 20.4 Å². The molecule has 2 rings (SSSR count). The van der Waals surface area contributed by atoms with Gasteiger partial charge in [-0.2, -0.15) is 0 Å². The summed E-state index contributed by atoms with van der Waals surface area (Å²) in [6, 6.07) is 0. The second-order valence-corrected chi connectivity index (χ2v) is 8.36. The standard InChI is InChI=1S/C20H30N4O4.Ni/c1-11(13-15(25)19(3,4)23(7)17(13)27)21-9-10-22-12(2)14-16(26)20(5,6)24(8)18(14)28;/h21-22H,9-10H2,1-8H3;/b13-11+,14-12+;. The normalized spacial score (nSPS) is 24.0. The first kappa shape index (κ1) is 24.9. The summed E-state index contributed by atoms with van der Waals surface area (Å²) in [4.78, 5) is 52.6. The van der Waals surface area contributed by atoms with Gasteiger partial charge in [-0.25, -0.2) is 0 Å². The zero-order chi connectivity index (χ0) is 21.6. The average molecular weight is 449 g/mol. The van der Waals surface area contributed by atoms with E-state index in [0.29, 0.717) is 24.5 Å². The number of hydrogen-bond acceptors (Lipinski definition) is 6. The molecule has 2 aliphatic rings. The smallest absolute Gasteiger partial charge is 0.259 e. The first-order valence-corrected chi connectivity index (χ1v) is 9.31. The molecular weight excluding hydrogens is 419 g/mol. The molecule has 2 amide bonds. The fourth-order valence-electron chi connectivity index (χ4n) is 3.29. The van der Waals surface area contributed by atoms with Crippen molar-refractivity contribution in [3.8, 4) is 0 Å². The monoisotopic (exact) mass is 448 g/mol. The first-order chi connectivity index (χ1) is 12.8. The molecular formula is C20H30N4NiO4. The van der Waals surface area contributed by atoms with Crippen molar-refractivity contribution in [2.45, 2.75) is 52.6 Å². The van der Waals surface area contributed by atoms with Crippen molar-refractivity contribution in [3.05, 3.63) is 22.5 Å². The number of likely N-dealkylation sites (tertiary alicyclic amines) is 2. The van der Waals surface area contributed by atoms with Gasteiger partial charge in [-0.05, 0) is 41.5 Å². The number of carbonyl (C=O) groups is 4. The molecule has 2 aliphatic heterocycles. The van der Waals surface area contributed by atoms with Crippen LogP contribution in [0.4, 0.5) is 0 Å². The van der Waals surface area contributed by atoms with Crippen molar-refractivity contribution >= 4 is 23.4 Å². The molecule has 0 unspecified atom stereocenters. The Balaban J connectivity index is 0.00000420. The van der Waals surface area contributed by atoms with Gasteiger partial charge in [0.05, 0.1) is 0 Å². The van der Waals surface area contributed by atoms with Crippen LogP contribution in [-0.2, 0) is 35.7 Å². The number of likely N-dealkylation sites (N-methyl/N-ethyl adjacent to an activating group) is 2. The van der Waals surface area contributed by atoms with Crippen LogP contribution in [0.2, 0.25) is 0 Å². The summed E-state index contributed by atoms with van der Waals surface area (Å²) in [5.41, 5.74) is -0.311. The van der Waals surface area contributed by atoms with Crippen LogP contribution in [0.15, 0.2) is 22.5 Å². The minimum absolute atomic E-state index is 0. The topological polar surface area (TPSA) is 98.8 Å². The van der Waals surface area contributed by atoms with Crippen molar-refractivity contribution in [1.29, 1.82) is 0 Å². The fraction of sp³-hybridized carbons (Fsp3) is 0.600. The summed E-state index contributed by atoms with van der Waals surface area (Å²) < 4.78 is 0. The van der Waals surface area contributed by atoms with E-state index in [0.717, 1.165) is 0 Å². The molecule has 29 heavy (non-hydrogen) atoms. The Morgan fingerprint density at radius 2 is 1.00 bits per heavy atom. The van der Waals surface area contributed by atoms with Crippen molar-refractivity contribution in [2.75, 3.05) is 27.2 Å². The summed E-state index contributed by atoms with van der Waals surface area (Å²) in [5, 5.41) is 6.17. The van der Waals surface area contributed by atoms with Crippen LogP contribution in [0.25, 0.3) is 0 Å². The van der Waals surface area contributed by atoms with Gasteiger partial charge in [0.15, 0.2) is 11.6 Å². The molecule has 0 aromatic carbocycles. The maximum atomic E-state index is 12.5. The minimum atomic E-state index is -0.851. The van der Waals surface area contributed by atoms with E-state index in [-0.39, 0.29) is 51.0 Å². The van der Waals surface area contributed by atoms with Gasteiger partial charge < -0.3 is 20.4 Å². The van der Waals surface area contributed by atoms with E-state index in [1.54, 1.807) is 55.6 Å². The van der Waals surface area contributed by atoms with E-state index in [2.05, 4.69) is 10.6 Å². The molecule has 0 saturated carbocycles. The molecule has 0 aromatic heterocycles. The molecule has 0 aromatic rings. The second kappa shape index (κ2) is 8.30. The summed E-state index contributed by atoms with van der Waals surface area (Å²) >= 11 is 0. The number of hydrogen-bond donors (Lipinski definition) is 2. The predicted octanol–water partition coefficient (Wildman–Crippen LogP) is 0.351. The van der Waals surface area contributed by atoms with Crippen LogP contribution in [0.3, 0.4) is 0 Å². The number of rotatable bonds is 5. The molecule has 2 saturated heterocycles. The van der Waals surface area contributed by atoms with Crippen LogP contribution in [0.5, 0.6) is 0 Å². The molecule has 0 atom stereocenters. The molecule has 0 radical (unpaired) electrons. The molecule has 9 heteroatoms. The number of ketones is 2. The van der Waals surface area contributed by atoms with E-state index in [4.69, 9.17) is 0 Å². The summed E-state index contributed by atoms with van der Waals surface area (Å²) in [5.74, 6) is -0.996. The van der Waals surface area contributed by atoms with Crippen LogP contribution >= 0.6 is 0 Å². The Labute approximate surface area is 182 Å². The Morgan fingerprint density at radius 3 is 1.21 bits per heavy atom. The van der Waals surface area contributed by atoms with Gasteiger partial charge in [0, 0.05) is 55.1 Å². The molecule has 0 bridgehead atoms. The third-order valence-electron chi connectivity index (χ3n) is 5.93. The molecule has 2 fully saturated rings. The first-order valence-electron chi connectivity index (χ1n) is 9.31. The van der Waals surface area contributed by atoms with Crippen molar-refractivity contribution in [3.63, 3.8) is 0 Å². The molecule has 8 nitrogen and oxygen atoms in total. The van der Waals surface area contributed by atoms with E-state index < -0.39 is 11.1 Å². The van der Waals surface area contributed by atoms with Crippen molar-refractivity contribution in [2.24, 2.45) is 0 Å². The molecule has 2 N–H and O–H groups in total. The SMILES string of the molecule is C/C(NCCN/C(C)=C1/C(=O)N(C)C(C)(C)C1=O)=C1\C(=O)N(C)C(C)(C)C1=O.[Ni]. The van der Waals surface area contributed by atoms with E-state index in [9.17, 15) is 19.2 Å². The number of Topliss-reactive ketones (excluding diaryl/α,β-unsaturated/α-hetero) is 2. The Hall–Kier alpha value is -2.15. The third kappa shape index (κ3) is 3.97. The Bertz CT molecular complexity index is 758. The Kier molecular flexibility index (Phi) is 7.13. The number of nitrogens with zero attached hydrogens (tertiary/aromatic N) is 2. The molecule has 0 spiro atoms. The second-order valence-electron chi connectivity index (χ2n) is 8.36. The summed E-state index contributed by atoms with van der Waals surface area (Å²) in [7, 11) is 3.23. The average Bonchev–Trinajstić information content (AvgIpc) is 2.86. The van der Waals surface area contributed by atoms with Crippen LogP contribution in [0.1, 0.15) is 41.5 Å². The van der Waals surface area contributed by atoms with Gasteiger partial charge in [-0.3, -0.25) is 19.2 Å². The summed E-state index contributed by atoms with van der Waals surface area (Å²) in [6.07, 6.45) is 0. The Morgan fingerprint density at radius 1 is 0.724 bits per heavy atom. The maximum absolute atomic E-state index is 12.5. The fourth-order valence-corrected chi connectivity index (χ4v) is 3.29.